The summed E-state index contributed by atoms with van der Waals surface area (Å²) in [4.78, 5) is 26.3. The van der Waals surface area contributed by atoms with Gasteiger partial charge in [0.1, 0.15) is 5.75 Å². The van der Waals surface area contributed by atoms with Crippen LogP contribution in [0.25, 0.3) is 0 Å². The molecule has 1 aromatic carbocycles. The van der Waals surface area contributed by atoms with Crippen molar-refractivity contribution in [3.8, 4) is 5.75 Å². The number of carbonyl (C=O) groups is 2. The quantitative estimate of drug-likeness (QED) is 0.867. The second kappa shape index (κ2) is 7.86. The maximum atomic E-state index is 12.5. The minimum atomic E-state index is -0.145. The first-order valence-corrected chi connectivity index (χ1v) is 9.68. The van der Waals surface area contributed by atoms with Gasteiger partial charge in [-0.25, -0.2) is 0 Å². The SMILES string of the molecule is O=C(CCN1C(=O)COc2ccccc21)N[C@@H]1CCOC2(CCOCC2)C1. The first-order valence-electron chi connectivity index (χ1n) is 9.68. The van der Waals surface area contributed by atoms with Crippen molar-refractivity contribution < 1.29 is 23.8 Å². The minimum absolute atomic E-state index is 0.0171. The molecule has 146 valence electrons. The van der Waals surface area contributed by atoms with Gasteiger partial charge in [-0.2, -0.15) is 0 Å². The molecule has 7 heteroatoms. The number of anilines is 1. The van der Waals surface area contributed by atoms with Crippen LogP contribution in [-0.2, 0) is 19.1 Å². The van der Waals surface area contributed by atoms with Crippen LogP contribution in [-0.4, -0.2) is 56.4 Å². The molecule has 1 aromatic rings. The summed E-state index contributed by atoms with van der Waals surface area (Å²) < 4.78 is 16.9. The van der Waals surface area contributed by atoms with E-state index in [9.17, 15) is 9.59 Å². The summed E-state index contributed by atoms with van der Waals surface area (Å²) in [6.07, 6.45) is 3.71. The zero-order valence-corrected chi connectivity index (χ0v) is 15.4. The van der Waals surface area contributed by atoms with E-state index < -0.39 is 0 Å². The molecule has 1 N–H and O–H groups in total. The highest BCUT2D eigenvalue weighted by Gasteiger charge is 2.39. The lowest BCUT2D eigenvalue weighted by molar-refractivity contribution is -0.144. The van der Waals surface area contributed by atoms with Crippen molar-refractivity contribution in [2.24, 2.45) is 0 Å². The molecule has 1 atom stereocenters. The molecule has 3 aliphatic heterocycles. The molecule has 7 nitrogen and oxygen atoms in total. The van der Waals surface area contributed by atoms with Gasteiger partial charge in [0.15, 0.2) is 6.61 Å². The molecule has 4 rings (SSSR count). The van der Waals surface area contributed by atoms with E-state index >= 15 is 0 Å². The van der Waals surface area contributed by atoms with Crippen molar-refractivity contribution in [1.29, 1.82) is 0 Å². The number of benzene rings is 1. The third kappa shape index (κ3) is 4.09. The molecule has 2 fully saturated rings. The van der Waals surface area contributed by atoms with Crippen LogP contribution < -0.4 is 15.0 Å². The van der Waals surface area contributed by atoms with Crippen molar-refractivity contribution in [3.63, 3.8) is 0 Å². The van der Waals surface area contributed by atoms with Gasteiger partial charge in [0.2, 0.25) is 5.91 Å². The predicted octanol–water partition coefficient (Wildman–Crippen LogP) is 1.65. The zero-order chi connectivity index (χ0) is 18.7. The summed E-state index contributed by atoms with van der Waals surface area (Å²) in [5.41, 5.74) is 0.585. The second-order valence-corrected chi connectivity index (χ2v) is 7.45. The van der Waals surface area contributed by atoms with E-state index in [0.717, 1.165) is 44.6 Å². The Morgan fingerprint density at radius 1 is 1.22 bits per heavy atom. The smallest absolute Gasteiger partial charge is 0.265 e. The first-order chi connectivity index (χ1) is 13.2. The molecule has 2 saturated heterocycles. The van der Waals surface area contributed by atoms with Gasteiger partial charge in [0.05, 0.1) is 11.3 Å². The van der Waals surface area contributed by atoms with E-state index in [2.05, 4.69) is 5.32 Å². The molecule has 3 heterocycles. The van der Waals surface area contributed by atoms with Crippen LogP contribution >= 0.6 is 0 Å². The largest absolute Gasteiger partial charge is 0.482 e. The highest BCUT2D eigenvalue weighted by Crippen LogP contribution is 2.34. The van der Waals surface area contributed by atoms with Crippen molar-refractivity contribution >= 4 is 17.5 Å². The topological polar surface area (TPSA) is 77.1 Å². The van der Waals surface area contributed by atoms with Gasteiger partial charge in [-0.05, 0) is 37.8 Å². The number of ether oxygens (including phenoxy) is 3. The van der Waals surface area contributed by atoms with Crippen LogP contribution in [0.15, 0.2) is 24.3 Å². The van der Waals surface area contributed by atoms with Gasteiger partial charge in [-0.3, -0.25) is 9.59 Å². The van der Waals surface area contributed by atoms with Crippen LogP contribution in [0.4, 0.5) is 5.69 Å². The van der Waals surface area contributed by atoms with E-state index in [1.165, 1.54) is 0 Å². The fourth-order valence-electron chi connectivity index (χ4n) is 4.16. The third-order valence-electron chi connectivity index (χ3n) is 5.63. The Morgan fingerprint density at radius 2 is 2.04 bits per heavy atom. The van der Waals surface area contributed by atoms with Gasteiger partial charge < -0.3 is 24.4 Å². The van der Waals surface area contributed by atoms with Gasteiger partial charge in [-0.15, -0.1) is 0 Å². The maximum Gasteiger partial charge on any atom is 0.265 e. The Hall–Kier alpha value is -2.12. The van der Waals surface area contributed by atoms with Crippen LogP contribution in [0, 0.1) is 0 Å². The Labute approximate surface area is 158 Å². The summed E-state index contributed by atoms with van der Waals surface area (Å²) in [6, 6.07) is 7.54. The lowest BCUT2D eigenvalue weighted by atomic mass is 9.84. The molecular weight excluding hydrogens is 348 g/mol. The number of carbonyl (C=O) groups excluding carboxylic acids is 2. The lowest BCUT2D eigenvalue weighted by Crippen LogP contribution is -2.51. The highest BCUT2D eigenvalue weighted by atomic mass is 16.5. The molecular formula is C20H26N2O5. The Balaban J connectivity index is 1.31. The average Bonchev–Trinajstić information content (AvgIpc) is 2.68. The van der Waals surface area contributed by atoms with E-state index in [4.69, 9.17) is 14.2 Å². The van der Waals surface area contributed by atoms with E-state index in [1.807, 2.05) is 24.3 Å². The monoisotopic (exact) mass is 374 g/mol. The fourth-order valence-corrected chi connectivity index (χ4v) is 4.16. The zero-order valence-electron chi connectivity index (χ0n) is 15.4. The Kier molecular flexibility index (Phi) is 5.31. The third-order valence-corrected chi connectivity index (χ3v) is 5.63. The number of fused-ring (bicyclic) bond motifs is 1. The molecule has 27 heavy (non-hydrogen) atoms. The maximum absolute atomic E-state index is 12.5. The van der Waals surface area contributed by atoms with Crippen LogP contribution in [0.5, 0.6) is 5.75 Å². The summed E-state index contributed by atoms with van der Waals surface area (Å²) in [5.74, 6) is 0.540. The van der Waals surface area contributed by atoms with Crippen molar-refractivity contribution in [2.45, 2.75) is 43.7 Å². The number of nitrogens with zero attached hydrogens (tertiary/aromatic N) is 1. The number of hydrogen-bond donors (Lipinski definition) is 1. The number of hydrogen-bond acceptors (Lipinski definition) is 5. The standard InChI is InChI=1S/C20H26N2O5/c23-18(21-15-6-10-27-20(13-15)7-11-25-12-8-20)5-9-22-16-3-1-2-4-17(16)26-14-19(22)24/h1-4,15H,5-14H2,(H,21,23)/t15-/m1/s1. The van der Waals surface area contributed by atoms with Gasteiger partial charge in [-0.1, -0.05) is 12.1 Å². The predicted molar refractivity (Wildman–Crippen MR) is 98.8 cm³/mol. The van der Waals surface area contributed by atoms with Gasteiger partial charge in [0.25, 0.3) is 5.91 Å². The van der Waals surface area contributed by atoms with Crippen molar-refractivity contribution in [1.82, 2.24) is 5.32 Å². The number of nitrogens with one attached hydrogen (secondary N) is 1. The second-order valence-electron chi connectivity index (χ2n) is 7.45. The first kappa shape index (κ1) is 18.3. The van der Waals surface area contributed by atoms with Crippen LogP contribution in [0.2, 0.25) is 0 Å². The molecule has 0 aliphatic carbocycles. The van der Waals surface area contributed by atoms with E-state index in [1.54, 1.807) is 4.90 Å². The lowest BCUT2D eigenvalue weighted by Gasteiger charge is -2.43. The number of para-hydroxylation sites is 2. The fraction of sp³-hybridized carbons (Fsp3) is 0.600. The van der Waals surface area contributed by atoms with Gasteiger partial charge >= 0.3 is 0 Å². The number of amides is 2. The molecule has 1 spiro atoms. The highest BCUT2D eigenvalue weighted by molar-refractivity contribution is 5.98. The Bertz CT molecular complexity index is 696. The molecule has 0 saturated carbocycles. The van der Waals surface area contributed by atoms with Crippen LogP contribution in [0.1, 0.15) is 32.1 Å². The molecule has 3 aliphatic rings. The summed E-state index contributed by atoms with van der Waals surface area (Å²) >= 11 is 0. The average molecular weight is 374 g/mol. The van der Waals surface area contributed by atoms with E-state index in [0.29, 0.717) is 18.9 Å². The Morgan fingerprint density at radius 3 is 2.89 bits per heavy atom. The summed E-state index contributed by atoms with van der Waals surface area (Å²) in [5, 5.41) is 3.14. The minimum Gasteiger partial charge on any atom is -0.482 e. The van der Waals surface area contributed by atoms with Crippen molar-refractivity contribution in [3.05, 3.63) is 24.3 Å². The van der Waals surface area contributed by atoms with E-state index in [-0.39, 0.29) is 36.5 Å². The number of rotatable bonds is 4. The molecule has 0 bridgehead atoms. The normalized spacial score (nSPS) is 24.2. The van der Waals surface area contributed by atoms with Crippen LogP contribution in [0.3, 0.4) is 0 Å². The van der Waals surface area contributed by atoms with Gasteiger partial charge in [0, 0.05) is 38.8 Å². The van der Waals surface area contributed by atoms with Crippen molar-refractivity contribution in [2.75, 3.05) is 37.9 Å². The molecule has 0 aromatic heterocycles. The summed E-state index contributed by atoms with van der Waals surface area (Å²) in [7, 11) is 0. The molecule has 0 unspecified atom stereocenters. The molecule has 2 amide bonds. The summed E-state index contributed by atoms with van der Waals surface area (Å²) in [6.45, 7) is 2.48. The molecule has 0 radical (unpaired) electrons.